The molecule has 0 saturated heterocycles. The first-order valence-electron chi connectivity index (χ1n) is 8.02. The summed E-state index contributed by atoms with van der Waals surface area (Å²) < 4.78 is 40.5. The van der Waals surface area contributed by atoms with Gasteiger partial charge in [0.25, 0.3) is 0 Å². The highest BCUT2D eigenvalue weighted by Gasteiger charge is 2.35. The zero-order valence-electron chi connectivity index (χ0n) is 13.5. The van der Waals surface area contributed by atoms with Crippen LogP contribution in [0.5, 0.6) is 0 Å². The lowest BCUT2D eigenvalue weighted by Crippen LogP contribution is -2.09. The quantitative estimate of drug-likeness (QED) is 0.444. The van der Waals surface area contributed by atoms with Gasteiger partial charge >= 0.3 is 6.18 Å². The van der Waals surface area contributed by atoms with Crippen molar-refractivity contribution in [1.29, 1.82) is 0 Å². The Labute approximate surface area is 148 Å². The topological polar surface area (TPSA) is 25.8 Å². The van der Waals surface area contributed by atoms with Gasteiger partial charge in [0.05, 0.1) is 16.8 Å². The van der Waals surface area contributed by atoms with Gasteiger partial charge in [0.15, 0.2) is 0 Å². The van der Waals surface area contributed by atoms with E-state index in [4.69, 9.17) is 0 Å². The second-order valence-electron chi connectivity index (χ2n) is 5.84. The normalized spacial score (nSPS) is 11.7. The van der Waals surface area contributed by atoms with Gasteiger partial charge < -0.3 is 0 Å². The third kappa shape index (κ3) is 2.92. The SMILES string of the molecule is FC(F)(F)c1cccnc1-c1nc2ccccc2cc1-c1ccccc1. The summed E-state index contributed by atoms with van der Waals surface area (Å²) in [4.78, 5) is 8.56. The Hall–Kier alpha value is -3.21. The van der Waals surface area contributed by atoms with Crippen LogP contribution in [0, 0.1) is 0 Å². The van der Waals surface area contributed by atoms with Crippen molar-refractivity contribution >= 4 is 10.9 Å². The molecule has 0 N–H and O–H groups in total. The largest absolute Gasteiger partial charge is 0.418 e. The number of fused-ring (bicyclic) bond motifs is 1. The molecule has 4 aromatic rings. The molecule has 4 rings (SSSR count). The maximum atomic E-state index is 13.5. The molecule has 0 aliphatic heterocycles. The number of para-hydroxylation sites is 1. The highest BCUT2D eigenvalue weighted by molar-refractivity contribution is 5.91. The minimum atomic E-state index is -4.51. The summed E-state index contributed by atoms with van der Waals surface area (Å²) in [5.41, 5.74) is 1.31. The third-order valence-electron chi connectivity index (χ3n) is 4.15. The van der Waals surface area contributed by atoms with Crippen molar-refractivity contribution in [2.45, 2.75) is 6.18 Å². The fourth-order valence-corrected chi connectivity index (χ4v) is 2.96. The Morgan fingerprint density at radius 3 is 2.23 bits per heavy atom. The predicted molar refractivity (Wildman–Crippen MR) is 95.4 cm³/mol. The second-order valence-corrected chi connectivity index (χ2v) is 5.84. The molecule has 0 aliphatic rings. The van der Waals surface area contributed by atoms with Crippen molar-refractivity contribution in [2.24, 2.45) is 0 Å². The zero-order valence-corrected chi connectivity index (χ0v) is 13.5. The number of nitrogens with zero attached hydrogens (tertiary/aromatic N) is 2. The zero-order chi connectivity index (χ0) is 18.1. The summed E-state index contributed by atoms with van der Waals surface area (Å²) in [5, 5.41) is 0.861. The van der Waals surface area contributed by atoms with Crippen LogP contribution in [-0.2, 0) is 6.18 Å². The van der Waals surface area contributed by atoms with E-state index in [-0.39, 0.29) is 11.4 Å². The van der Waals surface area contributed by atoms with Crippen LogP contribution in [0.2, 0.25) is 0 Å². The molecule has 0 spiro atoms. The van der Waals surface area contributed by atoms with Crippen LogP contribution >= 0.6 is 0 Å². The van der Waals surface area contributed by atoms with E-state index in [1.54, 1.807) is 6.07 Å². The monoisotopic (exact) mass is 350 g/mol. The van der Waals surface area contributed by atoms with Crippen LogP contribution in [0.3, 0.4) is 0 Å². The highest BCUT2D eigenvalue weighted by atomic mass is 19.4. The van der Waals surface area contributed by atoms with Crippen molar-refractivity contribution in [2.75, 3.05) is 0 Å². The van der Waals surface area contributed by atoms with Gasteiger partial charge in [-0.2, -0.15) is 13.2 Å². The molecule has 2 aromatic heterocycles. The number of hydrogen-bond donors (Lipinski definition) is 0. The van der Waals surface area contributed by atoms with E-state index in [1.807, 2.05) is 54.6 Å². The average Bonchev–Trinajstić information content (AvgIpc) is 2.67. The number of hydrogen-bond acceptors (Lipinski definition) is 2. The Kier molecular flexibility index (Phi) is 3.92. The van der Waals surface area contributed by atoms with Crippen LogP contribution in [0.1, 0.15) is 5.56 Å². The van der Waals surface area contributed by atoms with E-state index < -0.39 is 11.7 Å². The van der Waals surface area contributed by atoms with Crippen molar-refractivity contribution in [3.63, 3.8) is 0 Å². The first kappa shape index (κ1) is 16.3. The molecular weight excluding hydrogens is 337 g/mol. The Balaban J connectivity index is 2.07. The second kappa shape index (κ2) is 6.26. The standard InChI is InChI=1S/C21H13F3N2/c22-21(23,24)17-10-6-12-25-20(17)19-16(14-7-2-1-3-8-14)13-15-9-4-5-11-18(15)26-19/h1-13H. The predicted octanol–water partition coefficient (Wildman–Crippen LogP) is 5.98. The van der Waals surface area contributed by atoms with Crippen molar-refractivity contribution < 1.29 is 13.2 Å². The van der Waals surface area contributed by atoms with Gasteiger partial charge in [-0.15, -0.1) is 0 Å². The highest BCUT2D eigenvalue weighted by Crippen LogP contribution is 2.39. The van der Waals surface area contributed by atoms with Crippen molar-refractivity contribution in [3.8, 4) is 22.5 Å². The van der Waals surface area contributed by atoms with E-state index in [0.717, 1.165) is 17.0 Å². The summed E-state index contributed by atoms with van der Waals surface area (Å²) in [5.74, 6) is 0. The minimum absolute atomic E-state index is 0.162. The Morgan fingerprint density at radius 1 is 0.731 bits per heavy atom. The van der Waals surface area contributed by atoms with Gasteiger partial charge in [-0.1, -0.05) is 48.5 Å². The van der Waals surface area contributed by atoms with Crippen molar-refractivity contribution in [1.82, 2.24) is 9.97 Å². The van der Waals surface area contributed by atoms with Crippen LogP contribution in [0.25, 0.3) is 33.4 Å². The molecule has 0 bridgehead atoms. The van der Waals surface area contributed by atoms with Gasteiger partial charge in [0.1, 0.15) is 5.69 Å². The molecule has 2 heterocycles. The number of pyridine rings is 2. The number of rotatable bonds is 2. The molecule has 2 aromatic carbocycles. The van der Waals surface area contributed by atoms with Gasteiger partial charge in [-0.05, 0) is 29.8 Å². The van der Waals surface area contributed by atoms with Crippen LogP contribution < -0.4 is 0 Å². The molecule has 5 heteroatoms. The summed E-state index contributed by atoms with van der Waals surface area (Å²) in [6, 6.07) is 20.8. The third-order valence-corrected chi connectivity index (χ3v) is 4.15. The maximum absolute atomic E-state index is 13.5. The molecule has 26 heavy (non-hydrogen) atoms. The van der Waals surface area contributed by atoms with Gasteiger partial charge in [0.2, 0.25) is 0 Å². The molecule has 0 unspecified atom stereocenters. The van der Waals surface area contributed by atoms with Crippen LogP contribution in [0.4, 0.5) is 13.2 Å². The summed E-state index contributed by atoms with van der Waals surface area (Å²) in [6.45, 7) is 0. The summed E-state index contributed by atoms with van der Waals surface area (Å²) >= 11 is 0. The smallest absolute Gasteiger partial charge is 0.254 e. The molecule has 0 fully saturated rings. The lowest BCUT2D eigenvalue weighted by atomic mass is 9.97. The first-order valence-corrected chi connectivity index (χ1v) is 8.02. The van der Waals surface area contributed by atoms with Gasteiger partial charge in [-0.25, -0.2) is 4.98 Å². The van der Waals surface area contributed by atoms with E-state index in [2.05, 4.69) is 9.97 Å². The molecular formula is C21H13F3N2. The van der Waals surface area contributed by atoms with Gasteiger partial charge in [-0.3, -0.25) is 4.98 Å². The fourth-order valence-electron chi connectivity index (χ4n) is 2.96. The molecule has 2 nitrogen and oxygen atoms in total. The van der Waals surface area contributed by atoms with E-state index in [0.29, 0.717) is 11.1 Å². The summed E-state index contributed by atoms with van der Waals surface area (Å²) in [7, 11) is 0. The molecule has 128 valence electrons. The maximum Gasteiger partial charge on any atom is 0.418 e. The first-order chi connectivity index (χ1) is 12.5. The fraction of sp³-hybridized carbons (Fsp3) is 0.0476. The lowest BCUT2D eigenvalue weighted by molar-refractivity contribution is -0.137. The number of alkyl halides is 3. The number of benzene rings is 2. The van der Waals surface area contributed by atoms with E-state index in [1.165, 1.54) is 12.3 Å². The number of halogens is 3. The Morgan fingerprint density at radius 2 is 1.46 bits per heavy atom. The number of aromatic nitrogens is 2. The molecule has 0 aliphatic carbocycles. The van der Waals surface area contributed by atoms with Crippen LogP contribution in [-0.4, -0.2) is 9.97 Å². The molecule has 0 amide bonds. The van der Waals surface area contributed by atoms with Gasteiger partial charge in [0, 0.05) is 17.1 Å². The molecule has 0 saturated carbocycles. The molecule has 0 atom stereocenters. The van der Waals surface area contributed by atoms with E-state index >= 15 is 0 Å². The van der Waals surface area contributed by atoms with Crippen LogP contribution in [0.15, 0.2) is 79.0 Å². The molecule has 0 radical (unpaired) electrons. The minimum Gasteiger partial charge on any atom is -0.254 e. The van der Waals surface area contributed by atoms with E-state index in [9.17, 15) is 13.2 Å². The Bertz CT molecular complexity index is 1070. The summed E-state index contributed by atoms with van der Waals surface area (Å²) in [6.07, 6.45) is -3.15. The average molecular weight is 350 g/mol. The lowest BCUT2D eigenvalue weighted by Gasteiger charge is -2.15. The van der Waals surface area contributed by atoms with Crippen molar-refractivity contribution in [3.05, 3.63) is 84.6 Å².